The van der Waals surface area contributed by atoms with Crippen LogP contribution in [0.25, 0.3) is 0 Å². The molecule has 118 valence electrons. The topological polar surface area (TPSA) is 26.0 Å². The summed E-state index contributed by atoms with van der Waals surface area (Å²) in [7, 11) is 0. The smallest absolute Gasteiger partial charge is 0.00390 e. The highest BCUT2D eigenvalue weighted by Gasteiger charge is 2.22. The molecule has 20 heavy (non-hydrogen) atoms. The predicted octanol–water partition coefficient (Wildman–Crippen LogP) is 5.84. The van der Waals surface area contributed by atoms with Crippen LogP contribution in [0, 0.1) is 11.3 Å². The molecular formula is C19H37N. The Morgan fingerprint density at radius 1 is 1.05 bits per heavy atom. The summed E-state index contributed by atoms with van der Waals surface area (Å²) in [5.41, 5.74) is 6.46. The van der Waals surface area contributed by atoms with Crippen LogP contribution in [0.5, 0.6) is 0 Å². The van der Waals surface area contributed by atoms with Gasteiger partial charge in [0.2, 0.25) is 0 Å². The third-order valence-electron chi connectivity index (χ3n) is 4.93. The van der Waals surface area contributed by atoms with Crippen molar-refractivity contribution in [3.05, 3.63) is 12.2 Å². The molecule has 0 aliphatic heterocycles. The second kappa shape index (κ2) is 9.60. The summed E-state index contributed by atoms with van der Waals surface area (Å²) in [4.78, 5) is 0. The maximum Gasteiger partial charge on any atom is 0.00390 e. The third-order valence-corrected chi connectivity index (χ3v) is 4.93. The predicted molar refractivity (Wildman–Crippen MR) is 90.8 cm³/mol. The maximum absolute atomic E-state index is 5.99. The molecule has 1 rings (SSSR count). The van der Waals surface area contributed by atoms with Crippen molar-refractivity contribution >= 4 is 0 Å². The molecule has 1 nitrogen and oxygen atoms in total. The summed E-state index contributed by atoms with van der Waals surface area (Å²) >= 11 is 0. The lowest BCUT2D eigenvalue weighted by atomic mass is 9.77. The van der Waals surface area contributed by atoms with Crippen LogP contribution in [-0.2, 0) is 0 Å². The van der Waals surface area contributed by atoms with Crippen LogP contribution >= 0.6 is 0 Å². The van der Waals surface area contributed by atoms with Gasteiger partial charge in [-0.25, -0.2) is 0 Å². The minimum atomic E-state index is 0.473. The van der Waals surface area contributed by atoms with E-state index in [0.29, 0.717) is 11.5 Å². The fraction of sp³-hybridized carbons (Fsp3) is 0.895. The van der Waals surface area contributed by atoms with E-state index < -0.39 is 0 Å². The highest BCUT2D eigenvalue weighted by molar-refractivity contribution is 4.88. The van der Waals surface area contributed by atoms with Crippen LogP contribution in [0.4, 0.5) is 0 Å². The highest BCUT2D eigenvalue weighted by Crippen LogP contribution is 2.34. The standard InChI is InChI=1S/C19H37N/c1-4-5-6-7-8-9-15-19(2,3)16-14-17-10-12-18(20)13-11-17/h8-9,17-18H,4-7,10-16,20H2,1-3H3. The number of rotatable bonds is 9. The first-order valence-electron chi connectivity index (χ1n) is 8.94. The fourth-order valence-corrected chi connectivity index (χ4v) is 3.21. The van der Waals surface area contributed by atoms with Gasteiger partial charge in [0.25, 0.3) is 0 Å². The van der Waals surface area contributed by atoms with Gasteiger partial charge in [0.1, 0.15) is 0 Å². The zero-order valence-corrected chi connectivity index (χ0v) is 14.2. The fourth-order valence-electron chi connectivity index (χ4n) is 3.21. The van der Waals surface area contributed by atoms with E-state index in [9.17, 15) is 0 Å². The minimum Gasteiger partial charge on any atom is -0.328 e. The Labute approximate surface area is 127 Å². The minimum absolute atomic E-state index is 0.473. The molecule has 1 saturated carbocycles. The molecule has 0 radical (unpaired) electrons. The van der Waals surface area contributed by atoms with Gasteiger partial charge >= 0.3 is 0 Å². The van der Waals surface area contributed by atoms with Crippen LogP contribution in [0.15, 0.2) is 12.2 Å². The van der Waals surface area contributed by atoms with Crippen molar-refractivity contribution in [3.63, 3.8) is 0 Å². The molecule has 0 heterocycles. The average molecular weight is 280 g/mol. The molecule has 0 spiro atoms. The van der Waals surface area contributed by atoms with E-state index in [4.69, 9.17) is 5.73 Å². The van der Waals surface area contributed by atoms with Crippen LogP contribution in [0.3, 0.4) is 0 Å². The van der Waals surface area contributed by atoms with Gasteiger partial charge in [0.05, 0.1) is 0 Å². The van der Waals surface area contributed by atoms with Gasteiger partial charge in [-0.3, -0.25) is 0 Å². The van der Waals surface area contributed by atoms with Crippen LogP contribution in [0.2, 0.25) is 0 Å². The van der Waals surface area contributed by atoms with Crippen LogP contribution < -0.4 is 5.73 Å². The molecule has 0 amide bonds. The first kappa shape index (κ1) is 17.8. The summed E-state index contributed by atoms with van der Waals surface area (Å²) in [5, 5.41) is 0. The van der Waals surface area contributed by atoms with E-state index in [0.717, 1.165) is 5.92 Å². The lowest BCUT2D eigenvalue weighted by Crippen LogP contribution is -2.27. The SMILES string of the molecule is CCCCCC=CCC(C)(C)CCC1CCC(N)CC1. The molecule has 1 aliphatic rings. The summed E-state index contributed by atoms with van der Waals surface area (Å²) in [6.07, 6.45) is 19.4. The Balaban J connectivity index is 2.13. The van der Waals surface area contributed by atoms with Gasteiger partial charge in [0.15, 0.2) is 0 Å². The second-order valence-electron chi connectivity index (χ2n) is 7.66. The van der Waals surface area contributed by atoms with Crippen molar-refractivity contribution in [1.29, 1.82) is 0 Å². The molecule has 0 aromatic carbocycles. The Bertz CT molecular complexity index is 259. The van der Waals surface area contributed by atoms with Crippen LogP contribution in [-0.4, -0.2) is 6.04 Å². The van der Waals surface area contributed by atoms with E-state index >= 15 is 0 Å². The van der Waals surface area contributed by atoms with Crippen LogP contribution in [0.1, 0.15) is 91.4 Å². The lowest BCUT2D eigenvalue weighted by Gasteiger charge is -2.30. The summed E-state index contributed by atoms with van der Waals surface area (Å²) in [6, 6.07) is 0.491. The van der Waals surface area contributed by atoms with Gasteiger partial charge < -0.3 is 5.73 Å². The van der Waals surface area contributed by atoms with Crippen molar-refractivity contribution in [1.82, 2.24) is 0 Å². The van der Waals surface area contributed by atoms with Crippen molar-refractivity contribution in [2.24, 2.45) is 17.1 Å². The summed E-state index contributed by atoms with van der Waals surface area (Å²) in [5.74, 6) is 0.947. The summed E-state index contributed by atoms with van der Waals surface area (Å²) in [6.45, 7) is 7.13. The first-order chi connectivity index (χ1) is 9.53. The molecule has 0 saturated heterocycles. The largest absolute Gasteiger partial charge is 0.328 e. The molecule has 0 atom stereocenters. The Morgan fingerprint density at radius 2 is 1.75 bits per heavy atom. The maximum atomic E-state index is 5.99. The quantitative estimate of drug-likeness (QED) is 0.416. The molecule has 1 aliphatic carbocycles. The summed E-state index contributed by atoms with van der Waals surface area (Å²) < 4.78 is 0. The number of nitrogens with two attached hydrogens (primary N) is 1. The van der Waals surface area contributed by atoms with Gasteiger partial charge in [-0.2, -0.15) is 0 Å². The monoisotopic (exact) mass is 279 g/mol. The molecule has 1 heteroatoms. The van der Waals surface area contributed by atoms with Gasteiger partial charge in [0, 0.05) is 6.04 Å². The molecule has 2 N–H and O–H groups in total. The number of allylic oxidation sites excluding steroid dienone is 2. The Morgan fingerprint density at radius 3 is 2.40 bits per heavy atom. The Kier molecular flexibility index (Phi) is 8.52. The normalized spacial score (nSPS) is 24.4. The second-order valence-corrected chi connectivity index (χ2v) is 7.66. The molecule has 0 unspecified atom stereocenters. The molecule has 0 aromatic heterocycles. The van der Waals surface area contributed by atoms with Crippen molar-refractivity contribution in [3.8, 4) is 0 Å². The molecule has 0 aromatic rings. The van der Waals surface area contributed by atoms with Crippen molar-refractivity contribution in [2.45, 2.75) is 97.4 Å². The van der Waals surface area contributed by atoms with E-state index in [-0.39, 0.29) is 0 Å². The van der Waals surface area contributed by atoms with Crippen molar-refractivity contribution in [2.75, 3.05) is 0 Å². The average Bonchev–Trinajstić information content (AvgIpc) is 2.42. The zero-order valence-electron chi connectivity index (χ0n) is 14.2. The van der Waals surface area contributed by atoms with Crippen molar-refractivity contribution < 1.29 is 0 Å². The Hall–Kier alpha value is -0.300. The molecule has 0 bridgehead atoms. The van der Waals surface area contributed by atoms with E-state index in [1.165, 1.54) is 70.6 Å². The number of hydrogen-bond donors (Lipinski definition) is 1. The molecule has 1 fully saturated rings. The molecular weight excluding hydrogens is 242 g/mol. The zero-order chi connectivity index (χ0) is 14.8. The van der Waals surface area contributed by atoms with Gasteiger partial charge in [-0.05, 0) is 69.1 Å². The van der Waals surface area contributed by atoms with E-state index in [1.807, 2.05) is 0 Å². The van der Waals surface area contributed by atoms with E-state index in [2.05, 4.69) is 32.9 Å². The van der Waals surface area contributed by atoms with E-state index in [1.54, 1.807) is 0 Å². The third kappa shape index (κ3) is 8.09. The van der Waals surface area contributed by atoms with Gasteiger partial charge in [-0.1, -0.05) is 45.8 Å². The first-order valence-corrected chi connectivity index (χ1v) is 8.94. The number of unbranched alkanes of at least 4 members (excludes halogenated alkanes) is 3. The highest BCUT2D eigenvalue weighted by atomic mass is 14.6. The number of hydrogen-bond acceptors (Lipinski definition) is 1. The lowest BCUT2D eigenvalue weighted by molar-refractivity contribution is 0.248. The van der Waals surface area contributed by atoms with Gasteiger partial charge in [-0.15, -0.1) is 0 Å².